The molecule has 4 aromatic rings. The summed E-state index contributed by atoms with van der Waals surface area (Å²) in [5, 5.41) is 7.21. The molecular formula is C27H23ClF2N6O3. The summed E-state index contributed by atoms with van der Waals surface area (Å²) in [5.74, 6) is -0.234. The van der Waals surface area contributed by atoms with E-state index in [-0.39, 0.29) is 5.75 Å². The highest BCUT2D eigenvalue weighted by molar-refractivity contribution is 6.31. The average molecular weight is 555 g/mol. The largest absolute Gasteiger partial charge is 0.485 e. The van der Waals surface area contributed by atoms with Gasteiger partial charge >= 0.3 is 0 Å². The lowest BCUT2D eigenvalue weighted by Crippen LogP contribution is -2.24. The molecule has 0 radical (unpaired) electrons. The molecule has 200 valence electrons. The van der Waals surface area contributed by atoms with Gasteiger partial charge in [-0.25, -0.2) is 23.2 Å². The molecule has 1 saturated heterocycles. The highest BCUT2D eigenvalue weighted by Crippen LogP contribution is 2.35. The number of hydrogen-bond donors (Lipinski definition) is 1. The Labute approximate surface area is 229 Å². The van der Waals surface area contributed by atoms with Gasteiger partial charge in [0.05, 0.1) is 25.7 Å². The van der Waals surface area contributed by atoms with Gasteiger partial charge in [0.1, 0.15) is 40.5 Å². The van der Waals surface area contributed by atoms with Crippen molar-refractivity contribution in [2.24, 2.45) is 0 Å². The molecule has 9 nitrogen and oxygen atoms in total. The zero-order valence-electron chi connectivity index (χ0n) is 23.1. The number of ether oxygens (including phenoxy) is 1. The summed E-state index contributed by atoms with van der Waals surface area (Å²) in [4.78, 5) is 32.8. The molecule has 1 aliphatic heterocycles. The van der Waals surface area contributed by atoms with Gasteiger partial charge in [-0.2, -0.15) is 5.10 Å². The number of nitrogens with zero attached hydrogens (tertiary/aromatic N) is 5. The Bertz CT molecular complexity index is 1800. The van der Waals surface area contributed by atoms with E-state index < -0.39 is 39.9 Å². The van der Waals surface area contributed by atoms with Crippen molar-refractivity contribution in [1.82, 2.24) is 29.6 Å². The van der Waals surface area contributed by atoms with E-state index in [4.69, 9.17) is 19.1 Å². The molecule has 0 saturated carbocycles. The molecule has 39 heavy (non-hydrogen) atoms. The van der Waals surface area contributed by atoms with Crippen LogP contribution < -0.4 is 15.6 Å². The van der Waals surface area contributed by atoms with Gasteiger partial charge in [0.15, 0.2) is 11.6 Å². The molecule has 1 N–H and O–H groups in total. The molecule has 5 heterocycles. The van der Waals surface area contributed by atoms with Crippen molar-refractivity contribution in [3.8, 4) is 17.3 Å². The molecule has 5 rings (SSSR count). The molecule has 0 aliphatic carbocycles. The first-order valence-corrected chi connectivity index (χ1v) is 12.2. The van der Waals surface area contributed by atoms with Crippen LogP contribution in [-0.4, -0.2) is 36.8 Å². The lowest BCUT2D eigenvalue weighted by Gasteiger charge is -2.19. The third-order valence-electron chi connectivity index (χ3n) is 6.64. The van der Waals surface area contributed by atoms with Gasteiger partial charge in [-0.15, -0.1) is 0 Å². The smallest absolute Gasteiger partial charge is 0.277 e. The van der Waals surface area contributed by atoms with Crippen LogP contribution in [0.3, 0.4) is 0 Å². The van der Waals surface area contributed by atoms with E-state index in [2.05, 4.69) is 20.4 Å². The monoisotopic (exact) mass is 554 g/mol. The van der Waals surface area contributed by atoms with Crippen molar-refractivity contribution in [2.45, 2.75) is 39.2 Å². The lowest BCUT2D eigenvalue weighted by atomic mass is 9.83. The topological polar surface area (TPSA) is 104 Å². The summed E-state index contributed by atoms with van der Waals surface area (Å²) in [6, 6.07) is 5.23. The van der Waals surface area contributed by atoms with Gasteiger partial charge in [0.25, 0.3) is 5.56 Å². The van der Waals surface area contributed by atoms with Crippen LogP contribution in [0.25, 0.3) is 11.5 Å². The number of pyridine rings is 3. The van der Waals surface area contributed by atoms with Crippen molar-refractivity contribution < 1.29 is 21.1 Å². The number of aromatic nitrogens is 5. The molecule has 4 aromatic heterocycles. The third kappa shape index (κ3) is 4.71. The molecule has 0 aromatic carbocycles. The zero-order chi connectivity index (χ0) is 29.7. The van der Waals surface area contributed by atoms with Gasteiger partial charge in [-0.1, -0.05) is 11.6 Å². The number of hydrogen-bond acceptors (Lipinski definition) is 7. The molecule has 0 unspecified atom stereocenters. The van der Waals surface area contributed by atoms with Crippen LogP contribution in [-0.2, 0) is 16.8 Å². The maximum atomic E-state index is 14.2. The lowest BCUT2D eigenvalue weighted by molar-refractivity contribution is 0.292. The third-order valence-corrected chi connectivity index (χ3v) is 6.98. The highest BCUT2D eigenvalue weighted by Gasteiger charge is 2.39. The normalized spacial score (nSPS) is 17.8. The maximum absolute atomic E-state index is 14.2. The predicted octanol–water partition coefficient (Wildman–Crippen LogP) is 3.91. The summed E-state index contributed by atoms with van der Waals surface area (Å²) in [5.41, 5.74) is 0.325. The molecular weight excluding hydrogens is 530 g/mol. The summed E-state index contributed by atoms with van der Waals surface area (Å²) >= 11 is 6.33. The van der Waals surface area contributed by atoms with Crippen molar-refractivity contribution in [3.05, 3.63) is 98.2 Å². The van der Waals surface area contributed by atoms with Crippen LogP contribution >= 0.6 is 11.6 Å². The van der Waals surface area contributed by atoms with Crippen LogP contribution in [0, 0.1) is 25.5 Å². The Kier molecular flexibility index (Phi) is 6.14. The first kappa shape index (κ1) is 23.8. The summed E-state index contributed by atoms with van der Waals surface area (Å²) < 4.78 is 51.9. The zero-order valence-corrected chi connectivity index (χ0v) is 21.8. The van der Waals surface area contributed by atoms with Gasteiger partial charge < -0.3 is 10.1 Å². The number of nitrogens with one attached hydrogen (secondary N) is 1. The highest BCUT2D eigenvalue weighted by atomic mass is 35.5. The van der Waals surface area contributed by atoms with Crippen LogP contribution in [0.4, 0.5) is 8.78 Å². The quantitative estimate of drug-likeness (QED) is 0.360. The number of allylic oxidation sites excluding steroid dienone is 1. The SMILES string of the molecule is [2H]C([2H])(Oc1cc(C)n(-c2cc(-n3ccc([C@]4(C)CCNC4=C=O)n3)ncc2C)c(=O)c1Cl)c1ncc(F)cc1F. The standard InChI is InChI=1S/C27H23ClF2N6O3/c1-15-11-33-24(35-7-4-22(34-35)27(3)5-6-31-23(27)13-37)10-20(15)36-16(2)8-21(25(28)26(36)38)39-14-19-18(30)9-17(29)12-32-19/h4,7-12,31H,5-6,14H2,1-3H3/t27-/m0/s1/i14D2. The van der Waals surface area contributed by atoms with E-state index in [1.54, 1.807) is 38.4 Å². The summed E-state index contributed by atoms with van der Waals surface area (Å²) in [6.45, 7) is 3.00. The van der Waals surface area contributed by atoms with E-state index >= 15 is 0 Å². The molecule has 1 atom stereocenters. The van der Waals surface area contributed by atoms with Gasteiger partial charge in [-0.05, 0) is 38.8 Å². The molecule has 12 heteroatoms. The molecule has 0 bridgehead atoms. The van der Waals surface area contributed by atoms with Crippen molar-refractivity contribution in [1.29, 1.82) is 0 Å². The van der Waals surface area contributed by atoms with Gasteiger partial charge in [-0.3, -0.25) is 14.3 Å². The molecule has 0 spiro atoms. The second kappa shape index (κ2) is 10.1. The molecule has 1 aliphatic rings. The second-order valence-corrected chi connectivity index (χ2v) is 9.63. The van der Waals surface area contributed by atoms with Crippen LogP contribution in [0.15, 0.2) is 53.3 Å². The minimum Gasteiger partial charge on any atom is -0.485 e. The van der Waals surface area contributed by atoms with Gasteiger partial charge in [0.2, 0.25) is 0 Å². The Hall–Kier alpha value is -4.34. The number of carbonyl (C=O) groups excluding carboxylic acids is 1. The Morgan fingerprint density at radius 3 is 2.79 bits per heavy atom. The second-order valence-electron chi connectivity index (χ2n) is 9.25. The fourth-order valence-corrected chi connectivity index (χ4v) is 4.60. The summed E-state index contributed by atoms with van der Waals surface area (Å²) in [7, 11) is 0. The first-order chi connectivity index (χ1) is 19.4. The minimum atomic E-state index is -2.87. The van der Waals surface area contributed by atoms with Crippen LogP contribution in [0.2, 0.25) is 5.02 Å². The van der Waals surface area contributed by atoms with E-state index in [1.165, 1.54) is 15.3 Å². The summed E-state index contributed by atoms with van der Waals surface area (Å²) in [6.07, 6.45) is 4.59. The van der Waals surface area contributed by atoms with Crippen LogP contribution in [0.5, 0.6) is 5.75 Å². The fraction of sp³-hybridized carbons (Fsp3) is 0.259. The van der Waals surface area contributed by atoms with E-state index in [0.717, 1.165) is 0 Å². The van der Waals surface area contributed by atoms with Crippen molar-refractivity contribution in [3.63, 3.8) is 0 Å². The predicted molar refractivity (Wildman–Crippen MR) is 139 cm³/mol. The van der Waals surface area contributed by atoms with Gasteiger partial charge in [0, 0.05) is 42.8 Å². The van der Waals surface area contributed by atoms with Crippen molar-refractivity contribution in [2.75, 3.05) is 6.54 Å². The number of aryl methyl sites for hydroxylation is 2. The number of halogens is 3. The van der Waals surface area contributed by atoms with E-state index in [9.17, 15) is 18.4 Å². The Balaban J connectivity index is 1.52. The fourth-order valence-electron chi connectivity index (χ4n) is 4.42. The van der Waals surface area contributed by atoms with Crippen LogP contribution in [0.1, 0.15) is 38.7 Å². The van der Waals surface area contributed by atoms with E-state index in [0.29, 0.717) is 59.4 Å². The minimum absolute atomic E-state index is 0.324. The van der Waals surface area contributed by atoms with Crippen molar-refractivity contribution >= 4 is 17.5 Å². The Morgan fingerprint density at radius 1 is 1.26 bits per heavy atom. The Morgan fingerprint density at radius 2 is 2.05 bits per heavy atom. The van der Waals surface area contributed by atoms with E-state index in [1.807, 2.05) is 12.9 Å². The maximum Gasteiger partial charge on any atom is 0.277 e. The average Bonchev–Trinajstić information content (AvgIpc) is 3.55. The molecule has 0 amide bonds. The first-order valence-electron chi connectivity index (χ1n) is 12.8. The molecule has 1 fully saturated rings. The number of rotatable bonds is 6.